The first-order valence-corrected chi connectivity index (χ1v) is 11.8. The fraction of sp³-hybridized carbons (Fsp3) is 0.909. The molecule has 3 heterocycles. The van der Waals surface area contributed by atoms with Gasteiger partial charge in [-0.2, -0.15) is 0 Å². The van der Waals surface area contributed by atoms with Gasteiger partial charge in [-0.15, -0.1) is 0 Å². The van der Waals surface area contributed by atoms with E-state index < -0.39 is 6.10 Å². The predicted octanol–water partition coefficient (Wildman–Crippen LogP) is -0.162. The summed E-state index contributed by atoms with van der Waals surface area (Å²) in [4.78, 5) is 34.3. The summed E-state index contributed by atoms with van der Waals surface area (Å²) in [5.41, 5.74) is 6.16. The van der Waals surface area contributed by atoms with E-state index in [1.54, 1.807) is 30.8 Å². The van der Waals surface area contributed by atoms with Crippen molar-refractivity contribution in [3.63, 3.8) is 0 Å². The third-order valence-corrected chi connectivity index (χ3v) is 7.38. The van der Waals surface area contributed by atoms with Gasteiger partial charge in [0, 0.05) is 91.5 Å². The molecule has 31 heavy (non-hydrogen) atoms. The van der Waals surface area contributed by atoms with Crippen LogP contribution in [-0.2, 0) is 4.79 Å². The van der Waals surface area contributed by atoms with E-state index in [1.807, 2.05) is 11.9 Å². The topological polar surface area (TPSA) is 96.6 Å². The van der Waals surface area contributed by atoms with E-state index in [0.29, 0.717) is 31.7 Å². The first-order valence-electron chi connectivity index (χ1n) is 11.8. The lowest BCUT2D eigenvalue weighted by Crippen LogP contribution is -2.52. The van der Waals surface area contributed by atoms with Gasteiger partial charge in [-0.1, -0.05) is 0 Å². The number of amides is 3. The molecular weight excluding hydrogens is 396 g/mol. The van der Waals surface area contributed by atoms with Crippen molar-refractivity contribution in [2.24, 2.45) is 5.73 Å². The van der Waals surface area contributed by atoms with Crippen LogP contribution >= 0.6 is 0 Å². The molecule has 178 valence electrons. The van der Waals surface area contributed by atoms with Crippen LogP contribution in [0.15, 0.2) is 0 Å². The van der Waals surface area contributed by atoms with Crippen molar-refractivity contribution >= 4 is 11.9 Å². The maximum absolute atomic E-state index is 12.2. The second kappa shape index (κ2) is 10.5. The molecule has 3 amide bonds. The lowest BCUT2D eigenvalue weighted by Gasteiger charge is -2.39. The molecule has 0 aromatic heterocycles. The van der Waals surface area contributed by atoms with Gasteiger partial charge in [-0.05, 0) is 32.1 Å². The average Bonchev–Trinajstić information content (AvgIpc) is 3.26. The largest absolute Gasteiger partial charge is 0.390 e. The number of urea groups is 1. The van der Waals surface area contributed by atoms with Gasteiger partial charge in [-0.3, -0.25) is 14.6 Å². The van der Waals surface area contributed by atoms with Gasteiger partial charge in [0.2, 0.25) is 5.91 Å². The highest BCUT2D eigenvalue weighted by Gasteiger charge is 2.40. The van der Waals surface area contributed by atoms with Gasteiger partial charge in [0.1, 0.15) is 0 Å². The van der Waals surface area contributed by atoms with E-state index in [-0.39, 0.29) is 24.0 Å². The summed E-state index contributed by atoms with van der Waals surface area (Å²) >= 11 is 0. The number of carbonyl (C=O) groups is 2. The molecule has 3 saturated heterocycles. The number of nitrogens with zero attached hydrogens (tertiary/aromatic N) is 5. The Morgan fingerprint density at radius 2 is 1.77 bits per heavy atom. The highest BCUT2D eigenvalue weighted by molar-refractivity contribution is 5.74. The lowest BCUT2D eigenvalue weighted by atomic mass is 9.98. The molecule has 2 unspecified atom stereocenters. The van der Waals surface area contributed by atoms with Crippen LogP contribution in [0.2, 0.25) is 0 Å². The van der Waals surface area contributed by atoms with E-state index in [1.165, 1.54) is 12.8 Å². The number of hydrogen-bond donors (Lipinski definition) is 2. The van der Waals surface area contributed by atoms with Crippen molar-refractivity contribution in [3.8, 4) is 0 Å². The van der Waals surface area contributed by atoms with E-state index in [4.69, 9.17) is 5.73 Å². The van der Waals surface area contributed by atoms with Crippen LogP contribution in [0, 0.1) is 0 Å². The lowest BCUT2D eigenvalue weighted by molar-refractivity contribution is -0.130. The molecule has 0 aliphatic carbocycles. The Bertz CT molecular complexity index is 618. The van der Waals surface area contributed by atoms with Gasteiger partial charge in [-0.25, -0.2) is 4.79 Å². The molecule has 3 aliphatic heterocycles. The minimum atomic E-state index is -0.545. The van der Waals surface area contributed by atoms with Crippen LogP contribution in [0.4, 0.5) is 4.79 Å². The van der Waals surface area contributed by atoms with Gasteiger partial charge < -0.3 is 25.5 Å². The smallest absolute Gasteiger partial charge is 0.319 e. The summed E-state index contributed by atoms with van der Waals surface area (Å²) in [6, 6.07) is 1.48. The van der Waals surface area contributed by atoms with Crippen molar-refractivity contribution in [3.05, 3.63) is 0 Å². The quantitative estimate of drug-likeness (QED) is 0.547. The molecule has 3 fully saturated rings. The number of aliphatic hydroxyl groups is 1. The number of nitrogens with two attached hydrogens (primary N) is 1. The molecule has 0 spiro atoms. The maximum atomic E-state index is 12.2. The zero-order valence-electron chi connectivity index (χ0n) is 19.7. The van der Waals surface area contributed by atoms with Crippen LogP contribution < -0.4 is 5.73 Å². The van der Waals surface area contributed by atoms with Crippen molar-refractivity contribution in [2.45, 2.75) is 69.3 Å². The van der Waals surface area contributed by atoms with Crippen LogP contribution in [0.3, 0.4) is 0 Å². The minimum absolute atomic E-state index is 0.00154. The Morgan fingerprint density at radius 3 is 2.35 bits per heavy atom. The molecule has 9 nitrogen and oxygen atoms in total. The molecule has 5 atom stereocenters. The summed E-state index contributed by atoms with van der Waals surface area (Å²) in [5.74, 6) is -0.00154. The fourth-order valence-electron chi connectivity index (χ4n) is 5.61. The van der Waals surface area contributed by atoms with E-state index in [0.717, 1.165) is 38.9 Å². The zero-order valence-corrected chi connectivity index (χ0v) is 19.7. The Hall–Kier alpha value is -1.42. The molecular formula is C22H42N6O3. The molecule has 3 aliphatic rings. The third kappa shape index (κ3) is 6.09. The van der Waals surface area contributed by atoms with Gasteiger partial charge in [0.25, 0.3) is 0 Å². The van der Waals surface area contributed by atoms with Gasteiger partial charge >= 0.3 is 6.03 Å². The minimum Gasteiger partial charge on any atom is -0.390 e. The number of likely N-dealkylation sites (N-methyl/N-ethyl adjacent to an activating group) is 1. The first kappa shape index (κ1) is 24.2. The second-order valence-electron chi connectivity index (χ2n) is 9.96. The highest BCUT2D eigenvalue weighted by atomic mass is 16.3. The summed E-state index contributed by atoms with van der Waals surface area (Å²) < 4.78 is 0. The van der Waals surface area contributed by atoms with Crippen LogP contribution in [-0.4, -0.2) is 132 Å². The molecule has 2 bridgehead atoms. The van der Waals surface area contributed by atoms with E-state index in [9.17, 15) is 14.7 Å². The first-order chi connectivity index (χ1) is 14.7. The summed E-state index contributed by atoms with van der Waals surface area (Å²) in [7, 11) is 5.39. The zero-order chi connectivity index (χ0) is 22.7. The maximum Gasteiger partial charge on any atom is 0.319 e. The number of piperidine rings is 1. The Labute approximate surface area is 187 Å². The summed E-state index contributed by atoms with van der Waals surface area (Å²) in [6.07, 6.45) is 4.77. The average molecular weight is 439 g/mol. The molecule has 9 heteroatoms. The standard InChI is InChI=1S/C22H42N6O3/c1-16(29)27(10-9-26-8-7-20(13-26)25(4)22(31)24(2)3)14-21(30)15-28-18-5-6-19(28)12-17(23)11-18/h17-21,30H,5-15,23H2,1-4H3/t17?,18-,19+,20-,21?/m1/s1. The number of aliphatic hydroxyl groups excluding tert-OH is 1. The number of rotatable bonds is 8. The number of carbonyl (C=O) groups excluding carboxylic acids is 2. The normalized spacial score (nSPS) is 29.7. The molecule has 3 N–H and O–H groups in total. The number of fused-ring (bicyclic) bond motifs is 2. The molecule has 0 aromatic carbocycles. The van der Waals surface area contributed by atoms with Crippen LogP contribution in [0.25, 0.3) is 0 Å². The third-order valence-electron chi connectivity index (χ3n) is 7.38. The van der Waals surface area contributed by atoms with Crippen molar-refractivity contribution < 1.29 is 14.7 Å². The van der Waals surface area contributed by atoms with Gasteiger partial charge in [0.15, 0.2) is 0 Å². The van der Waals surface area contributed by atoms with Crippen LogP contribution in [0.5, 0.6) is 0 Å². The molecule has 0 aromatic rings. The monoisotopic (exact) mass is 438 g/mol. The summed E-state index contributed by atoms with van der Waals surface area (Å²) in [5, 5.41) is 10.7. The second-order valence-corrected chi connectivity index (χ2v) is 9.96. The van der Waals surface area contributed by atoms with Crippen molar-refractivity contribution in [1.82, 2.24) is 24.5 Å². The SMILES string of the molecule is CC(=O)N(CCN1CC[C@@H](N(C)C(=O)N(C)C)C1)CC(O)CN1[C@@H]2CC[C@H]1CC(N)C2. The van der Waals surface area contributed by atoms with Crippen LogP contribution in [0.1, 0.15) is 39.0 Å². The molecule has 0 radical (unpaired) electrons. The van der Waals surface area contributed by atoms with E-state index in [2.05, 4.69) is 9.80 Å². The van der Waals surface area contributed by atoms with Crippen molar-refractivity contribution in [1.29, 1.82) is 0 Å². The molecule has 3 rings (SSSR count). The highest BCUT2D eigenvalue weighted by Crippen LogP contribution is 2.35. The molecule has 0 saturated carbocycles. The van der Waals surface area contributed by atoms with Crippen molar-refractivity contribution in [2.75, 3.05) is 60.4 Å². The Balaban J connectivity index is 1.44. The number of likely N-dealkylation sites (tertiary alicyclic amines) is 1. The Morgan fingerprint density at radius 1 is 1.13 bits per heavy atom. The summed E-state index contributed by atoms with van der Waals surface area (Å²) in [6.45, 7) is 5.66. The van der Waals surface area contributed by atoms with E-state index >= 15 is 0 Å². The number of hydrogen-bond acceptors (Lipinski definition) is 6. The van der Waals surface area contributed by atoms with Gasteiger partial charge in [0.05, 0.1) is 6.10 Å². The predicted molar refractivity (Wildman–Crippen MR) is 121 cm³/mol. The Kier molecular flexibility index (Phi) is 8.18. The fourth-order valence-corrected chi connectivity index (χ4v) is 5.61.